The molecule has 1 saturated heterocycles. The van der Waals surface area contributed by atoms with Crippen molar-refractivity contribution < 1.29 is 14.2 Å². The summed E-state index contributed by atoms with van der Waals surface area (Å²) in [7, 11) is 1.69. The molecular formula is C22H25FN2O2. The number of rotatable bonds is 5. The third kappa shape index (κ3) is 3.84. The van der Waals surface area contributed by atoms with Crippen molar-refractivity contribution in [3.8, 4) is 5.75 Å². The fraction of sp³-hybridized carbons (Fsp3) is 0.364. The lowest BCUT2D eigenvalue weighted by Crippen LogP contribution is -2.36. The van der Waals surface area contributed by atoms with Crippen LogP contribution in [0, 0.1) is 5.82 Å². The number of aliphatic hydroxyl groups excluding tert-OH is 1. The Bertz CT molecular complexity index is 916. The van der Waals surface area contributed by atoms with Gasteiger partial charge in [-0.3, -0.25) is 0 Å². The average Bonchev–Trinajstić information content (AvgIpc) is 3.11. The first kappa shape index (κ1) is 18.0. The number of nitrogens with one attached hydrogen (secondary N) is 1. The summed E-state index contributed by atoms with van der Waals surface area (Å²) in [6.45, 7) is 2.39. The Labute approximate surface area is 158 Å². The normalized spacial score (nSPS) is 17.3. The molecule has 3 aromatic rings. The first-order valence-corrected chi connectivity index (χ1v) is 9.45. The summed E-state index contributed by atoms with van der Waals surface area (Å²) in [5.41, 5.74) is 3.12. The maximum atomic E-state index is 13.4. The quantitative estimate of drug-likeness (QED) is 0.709. The number of fused-ring (bicyclic) bond motifs is 1. The van der Waals surface area contributed by atoms with Gasteiger partial charge < -0.3 is 19.7 Å². The SMILES string of the molecule is COc1ccc2[nH]cc(C3CCN(C[C@H](O)c4cccc(F)c4)CC3)c2c1. The first-order valence-electron chi connectivity index (χ1n) is 9.45. The fourth-order valence-electron chi connectivity index (χ4n) is 4.08. The second-order valence-corrected chi connectivity index (χ2v) is 7.30. The Morgan fingerprint density at radius 1 is 1.22 bits per heavy atom. The van der Waals surface area contributed by atoms with E-state index in [0.717, 1.165) is 37.2 Å². The van der Waals surface area contributed by atoms with E-state index in [4.69, 9.17) is 4.74 Å². The van der Waals surface area contributed by atoms with E-state index in [1.165, 1.54) is 23.1 Å². The summed E-state index contributed by atoms with van der Waals surface area (Å²) in [6, 6.07) is 12.4. The van der Waals surface area contributed by atoms with Crippen LogP contribution in [0.2, 0.25) is 0 Å². The van der Waals surface area contributed by atoms with Crippen LogP contribution in [0.4, 0.5) is 4.39 Å². The summed E-state index contributed by atoms with van der Waals surface area (Å²) >= 11 is 0. The molecule has 2 aromatic carbocycles. The summed E-state index contributed by atoms with van der Waals surface area (Å²) in [4.78, 5) is 5.63. The monoisotopic (exact) mass is 368 g/mol. The molecule has 0 saturated carbocycles. The van der Waals surface area contributed by atoms with Crippen molar-refractivity contribution in [3.63, 3.8) is 0 Å². The van der Waals surface area contributed by atoms with E-state index in [1.807, 2.05) is 6.07 Å². The lowest BCUT2D eigenvalue weighted by molar-refractivity contribution is 0.0971. The number of methoxy groups -OCH3 is 1. The van der Waals surface area contributed by atoms with Crippen LogP contribution >= 0.6 is 0 Å². The highest BCUT2D eigenvalue weighted by atomic mass is 19.1. The molecule has 0 spiro atoms. The van der Waals surface area contributed by atoms with Crippen LogP contribution in [-0.2, 0) is 0 Å². The number of ether oxygens (including phenoxy) is 1. The Kier molecular flexibility index (Phi) is 5.14. The van der Waals surface area contributed by atoms with Gasteiger partial charge in [0.2, 0.25) is 0 Å². The summed E-state index contributed by atoms with van der Waals surface area (Å²) in [6.07, 6.45) is 3.54. The van der Waals surface area contributed by atoms with E-state index < -0.39 is 6.10 Å². The van der Waals surface area contributed by atoms with E-state index in [-0.39, 0.29) is 5.82 Å². The maximum absolute atomic E-state index is 13.4. The van der Waals surface area contributed by atoms with Gasteiger partial charge in [-0.25, -0.2) is 4.39 Å². The molecule has 1 aromatic heterocycles. The van der Waals surface area contributed by atoms with Crippen molar-refractivity contribution in [2.75, 3.05) is 26.7 Å². The lowest BCUT2D eigenvalue weighted by atomic mass is 9.89. The molecule has 0 bridgehead atoms. The van der Waals surface area contributed by atoms with Crippen molar-refractivity contribution in [2.24, 2.45) is 0 Å². The molecule has 0 radical (unpaired) electrons. The maximum Gasteiger partial charge on any atom is 0.123 e. The van der Waals surface area contributed by atoms with Gasteiger partial charge in [-0.2, -0.15) is 0 Å². The fourth-order valence-corrected chi connectivity index (χ4v) is 4.08. The highest BCUT2D eigenvalue weighted by Gasteiger charge is 2.24. The van der Waals surface area contributed by atoms with Crippen LogP contribution in [0.25, 0.3) is 10.9 Å². The van der Waals surface area contributed by atoms with Crippen LogP contribution in [-0.4, -0.2) is 41.7 Å². The Hall–Kier alpha value is -2.37. The van der Waals surface area contributed by atoms with Crippen molar-refractivity contribution >= 4 is 10.9 Å². The standard InChI is InChI=1S/C22H25FN2O2/c1-27-18-5-6-21-19(12-18)20(13-24-21)15-7-9-25(10-8-15)14-22(26)16-3-2-4-17(23)11-16/h2-6,11-13,15,22,24,26H,7-10,14H2,1H3/t22-/m0/s1. The van der Waals surface area contributed by atoms with Gasteiger partial charge in [0.05, 0.1) is 13.2 Å². The van der Waals surface area contributed by atoms with Crippen LogP contribution < -0.4 is 4.74 Å². The van der Waals surface area contributed by atoms with Crippen LogP contribution in [0.3, 0.4) is 0 Å². The van der Waals surface area contributed by atoms with E-state index in [1.54, 1.807) is 19.2 Å². The number of benzene rings is 2. The number of likely N-dealkylation sites (tertiary alicyclic amines) is 1. The largest absolute Gasteiger partial charge is 0.497 e. The number of aromatic nitrogens is 1. The van der Waals surface area contributed by atoms with Gasteiger partial charge in [0.15, 0.2) is 0 Å². The number of nitrogens with zero attached hydrogens (tertiary/aromatic N) is 1. The minimum atomic E-state index is -0.658. The molecule has 2 heterocycles. The third-order valence-corrected chi connectivity index (χ3v) is 5.61. The van der Waals surface area contributed by atoms with Gasteiger partial charge in [0, 0.05) is 23.6 Å². The number of halogens is 1. The Morgan fingerprint density at radius 2 is 2.04 bits per heavy atom. The molecule has 1 aliphatic rings. The second kappa shape index (κ2) is 7.71. The third-order valence-electron chi connectivity index (χ3n) is 5.61. The van der Waals surface area contributed by atoms with Crippen molar-refractivity contribution in [1.82, 2.24) is 9.88 Å². The predicted molar refractivity (Wildman–Crippen MR) is 105 cm³/mol. The molecule has 4 nitrogen and oxygen atoms in total. The van der Waals surface area contributed by atoms with Gasteiger partial charge in [0.1, 0.15) is 11.6 Å². The number of hydrogen-bond donors (Lipinski definition) is 2. The Morgan fingerprint density at radius 3 is 2.78 bits per heavy atom. The van der Waals surface area contributed by atoms with Gasteiger partial charge in [-0.15, -0.1) is 0 Å². The smallest absolute Gasteiger partial charge is 0.123 e. The van der Waals surface area contributed by atoms with Crippen molar-refractivity contribution in [3.05, 3.63) is 65.6 Å². The summed E-state index contributed by atoms with van der Waals surface area (Å²) in [5, 5.41) is 11.6. The molecular weight excluding hydrogens is 343 g/mol. The minimum absolute atomic E-state index is 0.306. The molecule has 2 N–H and O–H groups in total. The van der Waals surface area contributed by atoms with E-state index >= 15 is 0 Å². The van der Waals surface area contributed by atoms with Gasteiger partial charge in [0.25, 0.3) is 0 Å². The molecule has 1 fully saturated rings. The molecule has 1 aliphatic heterocycles. The highest BCUT2D eigenvalue weighted by molar-refractivity contribution is 5.85. The molecule has 27 heavy (non-hydrogen) atoms. The lowest BCUT2D eigenvalue weighted by Gasteiger charge is -2.33. The van der Waals surface area contributed by atoms with Crippen LogP contribution in [0.5, 0.6) is 5.75 Å². The van der Waals surface area contributed by atoms with Crippen LogP contribution in [0.15, 0.2) is 48.7 Å². The number of hydrogen-bond acceptors (Lipinski definition) is 3. The summed E-state index contributed by atoms with van der Waals surface area (Å²) < 4.78 is 18.7. The number of β-amino-alcohol motifs (C(OH)–C–C–N with tert-alkyl or cyclic N) is 1. The van der Waals surface area contributed by atoms with E-state index in [2.05, 4.69) is 28.2 Å². The molecule has 0 unspecified atom stereocenters. The number of aromatic amines is 1. The zero-order valence-electron chi connectivity index (χ0n) is 15.5. The van der Waals surface area contributed by atoms with E-state index in [0.29, 0.717) is 18.0 Å². The first-order chi connectivity index (χ1) is 13.1. The molecule has 1 atom stereocenters. The van der Waals surface area contributed by atoms with E-state index in [9.17, 15) is 9.50 Å². The topological polar surface area (TPSA) is 48.5 Å². The number of H-pyrrole nitrogens is 1. The average molecular weight is 368 g/mol. The highest BCUT2D eigenvalue weighted by Crippen LogP contribution is 2.35. The van der Waals surface area contributed by atoms with Crippen molar-refractivity contribution in [2.45, 2.75) is 24.9 Å². The van der Waals surface area contributed by atoms with Gasteiger partial charge in [-0.05, 0) is 73.3 Å². The zero-order valence-corrected chi connectivity index (χ0v) is 15.5. The number of piperidine rings is 1. The number of aliphatic hydroxyl groups is 1. The second-order valence-electron chi connectivity index (χ2n) is 7.30. The van der Waals surface area contributed by atoms with Gasteiger partial charge in [-0.1, -0.05) is 12.1 Å². The molecule has 0 amide bonds. The zero-order chi connectivity index (χ0) is 18.8. The predicted octanol–water partition coefficient (Wildman–Crippen LogP) is 4.23. The van der Waals surface area contributed by atoms with Gasteiger partial charge >= 0.3 is 0 Å². The van der Waals surface area contributed by atoms with Crippen molar-refractivity contribution in [1.29, 1.82) is 0 Å². The van der Waals surface area contributed by atoms with Crippen LogP contribution in [0.1, 0.15) is 36.0 Å². The summed E-state index contributed by atoms with van der Waals surface area (Å²) in [5.74, 6) is 1.06. The molecule has 0 aliphatic carbocycles. The Balaban J connectivity index is 1.40. The molecule has 4 rings (SSSR count). The minimum Gasteiger partial charge on any atom is -0.497 e. The molecule has 5 heteroatoms. The molecule has 142 valence electrons.